The maximum atomic E-state index is 12.8. The van der Waals surface area contributed by atoms with Gasteiger partial charge < -0.3 is 5.32 Å². The Bertz CT molecular complexity index is 412. The van der Waals surface area contributed by atoms with Gasteiger partial charge in [-0.3, -0.25) is 0 Å². The molecule has 0 spiro atoms. The predicted octanol–water partition coefficient (Wildman–Crippen LogP) is 3.37. The summed E-state index contributed by atoms with van der Waals surface area (Å²) in [5.74, 6) is -0.262. The van der Waals surface area contributed by atoms with Crippen molar-refractivity contribution in [2.24, 2.45) is 0 Å². The summed E-state index contributed by atoms with van der Waals surface area (Å²) in [7, 11) is 0. The Labute approximate surface area is 82.2 Å². The normalized spacial score (nSPS) is 9.79. The fourth-order valence-corrected chi connectivity index (χ4v) is 1.19. The van der Waals surface area contributed by atoms with Crippen molar-refractivity contribution >= 4 is 11.4 Å². The first-order valence-electron chi connectivity index (χ1n) is 4.34. The van der Waals surface area contributed by atoms with Gasteiger partial charge in [-0.1, -0.05) is 18.2 Å². The SMILES string of the molecule is Fc1cc[c]c(Nc2ccccc2)c1. The summed E-state index contributed by atoms with van der Waals surface area (Å²) in [5.41, 5.74) is 1.56. The van der Waals surface area contributed by atoms with E-state index in [0.717, 1.165) is 5.69 Å². The topological polar surface area (TPSA) is 12.0 Å². The molecule has 2 rings (SSSR count). The molecule has 0 aromatic heterocycles. The summed E-state index contributed by atoms with van der Waals surface area (Å²) in [6, 6.07) is 16.8. The molecule has 0 saturated heterocycles. The molecule has 0 aliphatic heterocycles. The van der Waals surface area contributed by atoms with Crippen LogP contribution in [0.1, 0.15) is 0 Å². The number of rotatable bonds is 2. The van der Waals surface area contributed by atoms with Crippen LogP contribution >= 0.6 is 0 Å². The number of hydrogen-bond donors (Lipinski definition) is 1. The summed E-state index contributed by atoms with van der Waals surface area (Å²) >= 11 is 0. The zero-order valence-electron chi connectivity index (χ0n) is 7.50. The molecule has 2 aromatic rings. The standard InChI is InChI=1S/C12H9FN/c13-10-5-4-8-12(9-10)14-11-6-2-1-3-7-11/h1-7,9,14H. The molecule has 1 nitrogen and oxygen atoms in total. The van der Waals surface area contributed by atoms with E-state index in [-0.39, 0.29) is 5.82 Å². The van der Waals surface area contributed by atoms with Crippen LogP contribution in [-0.4, -0.2) is 0 Å². The van der Waals surface area contributed by atoms with Crippen molar-refractivity contribution in [1.29, 1.82) is 0 Å². The van der Waals surface area contributed by atoms with Crippen molar-refractivity contribution in [3.8, 4) is 0 Å². The zero-order chi connectivity index (χ0) is 9.80. The summed E-state index contributed by atoms with van der Waals surface area (Å²) in [6.07, 6.45) is 0. The van der Waals surface area contributed by atoms with Crippen molar-refractivity contribution in [3.05, 3.63) is 60.4 Å². The molecule has 0 aliphatic rings. The minimum Gasteiger partial charge on any atom is -0.355 e. The third-order valence-corrected chi connectivity index (χ3v) is 1.82. The maximum absolute atomic E-state index is 12.8. The zero-order valence-corrected chi connectivity index (χ0v) is 7.50. The summed E-state index contributed by atoms with van der Waals surface area (Å²) in [4.78, 5) is 0. The first-order chi connectivity index (χ1) is 6.84. The number of para-hydroxylation sites is 1. The van der Waals surface area contributed by atoms with Gasteiger partial charge in [0.2, 0.25) is 0 Å². The van der Waals surface area contributed by atoms with Crippen molar-refractivity contribution in [3.63, 3.8) is 0 Å². The van der Waals surface area contributed by atoms with Crippen molar-refractivity contribution in [1.82, 2.24) is 0 Å². The van der Waals surface area contributed by atoms with E-state index in [0.29, 0.717) is 5.69 Å². The van der Waals surface area contributed by atoms with Crippen LogP contribution < -0.4 is 5.32 Å². The highest BCUT2D eigenvalue weighted by Crippen LogP contribution is 2.15. The van der Waals surface area contributed by atoms with Gasteiger partial charge in [-0.25, -0.2) is 4.39 Å². The molecular formula is C12H9FN. The Morgan fingerprint density at radius 1 is 1.07 bits per heavy atom. The molecule has 0 fully saturated rings. The second-order valence-corrected chi connectivity index (χ2v) is 2.91. The average Bonchev–Trinajstić information content (AvgIpc) is 2.19. The van der Waals surface area contributed by atoms with Crippen LogP contribution in [0.4, 0.5) is 15.8 Å². The Kier molecular flexibility index (Phi) is 2.45. The summed E-state index contributed by atoms with van der Waals surface area (Å²) < 4.78 is 12.8. The monoisotopic (exact) mass is 186 g/mol. The average molecular weight is 186 g/mol. The minimum atomic E-state index is -0.262. The molecule has 0 aliphatic carbocycles. The van der Waals surface area contributed by atoms with E-state index >= 15 is 0 Å². The van der Waals surface area contributed by atoms with Crippen molar-refractivity contribution in [2.75, 3.05) is 5.32 Å². The van der Waals surface area contributed by atoms with E-state index in [1.807, 2.05) is 30.3 Å². The number of hydrogen-bond acceptors (Lipinski definition) is 1. The third-order valence-electron chi connectivity index (χ3n) is 1.82. The highest BCUT2D eigenvalue weighted by atomic mass is 19.1. The minimum absolute atomic E-state index is 0.262. The summed E-state index contributed by atoms with van der Waals surface area (Å²) in [5, 5.41) is 3.05. The van der Waals surface area contributed by atoms with E-state index in [1.165, 1.54) is 12.1 Å². The van der Waals surface area contributed by atoms with Crippen LogP contribution in [0, 0.1) is 11.9 Å². The molecule has 1 radical (unpaired) electrons. The molecular weight excluding hydrogens is 177 g/mol. The smallest absolute Gasteiger partial charge is 0.125 e. The maximum Gasteiger partial charge on any atom is 0.125 e. The van der Waals surface area contributed by atoms with Gasteiger partial charge in [0.15, 0.2) is 0 Å². The molecule has 1 N–H and O–H groups in total. The fraction of sp³-hybridized carbons (Fsp3) is 0. The van der Waals surface area contributed by atoms with Gasteiger partial charge in [0.25, 0.3) is 0 Å². The lowest BCUT2D eigenvalue weighted by Gasteiger charge is -2.04. The van der Waals surface area contributed by atoms with Gasteiger partial charge in [-0.2, -0.15) is 0 Å². The Morgan fingerprint density at radius 3 is 2.57 bits per heavy atom. The molecule has 2 aromatic carbocycles. The number of halogens is 1. The van der Waals surface area contributed by atoms with Crippen LogP contribution in [0.5, 0.6) is 0 Å². The van der Waals surface area contributed by atoms with Crippen LogP contribution in [-0.2, 0) is 0 Å². The lowest BCUT2D eigenvalue weighted by atomic mass is 10.2. The highest BCUT2D eigenvalue weighted by molar-refractivity contribution is 5.58. The molecule has 2 heteroatoms. The van der Waals surface area contributed by atoms with Gasteiger partial charge in [0, 0.05) is 17.4 Å². The van der Waals surface area contributed by atoms with Gasteiger partial charge in [0.1, 0.15) is 5.82 Å². The first kappa shape index (κ1) is 8.75. The molecule has 0 heterocycles. The molecule has 0 saturated carbocycles. The largest absolute Gasteiger partial charge is 0.355 e. The van der Waals surface area contributed by atoms with Crippen LogP contribution in [0.15, 0.2) is 48.5 Å². The van der Waals surface area contributed by atoms with Crippen LogP contribution in [0.2, 0.25) is 0 Å². The quantitative estimate of drug-likeness (QED) is 0.758. The predicted molar refractivity (Wildman–Crippen MR) is 55.0 cm³/mol. The van der Waals surface area contributed by atoms with Crippen molar-refractivity contribution in [2.45, 2.75) is 0 Å². The lowest BCUT2D eigenvalue weighted by Crippen LogP contribution is -1.89. The van der Waals surface area contributed by atoms with E-state index in [2.05, 4.69) is 11.4 Å². The number of benzene rings is 2. The first-order valence-corrected chi connectivity index (χ1v) is 4.34. The fourth-order valence-electron chi connectivity index (χ4n) is 1.19. The van der Waals surface area contributed by atoms with Gasteiger partial charge >= 0.3 is 0 Å². The molecule has 0 bridgehead atoms. The molecule has 14 heavy (non-hydrogen) atoms. The summed E-state index contributed by atoms with van der Waals surface area (Å²) in [6.45, 7) is 0. The molecule has 0 amide bonds. The Morgan fingerprint density at radius 2 is 1.86 bits per heavy atom. The second-order valence-electron chi connectivity index (χ2n) is 2.91. The number of anilines is 2. The second kappa shape index (κ2) is 3.92. The van der Waals surface area contributed by atoms with Crippen molar-refractivity contribution < 1.29 is 4.39 Å². The van der Waals surface area contributed by atoms with E-state index in [1.54, 1.807) is 6.07 Å². The molecule has 69 valence electrons. The van der Waals surface area contributed by atoms with Gasteiger partial charge in [-0.15, -0.1) is 0 Å². The Balaban J connectivity index is 2.19. The van der Waals surface area contributed by atoms with Gasteiger partial charge in [0.05, 0.1) is 0 Å². The molecule has 0 unspecified atom stereocenters. The third kappa shape index (κ3) is 2.10. The lowest BCUT2D eigenvalue weighted by molar-refractivity contribution is 0.628. The molecule has 0 atom stereocenters. The van der Waals surface area contributed by atoms with E-state index < -0.39 is 0 Å². The van der Waals surface area contributed by atoms with E-state index in [9.17, 15) is 4.39 Å². The van der Waals surface area contributed by atoms with E-state index in [4.69, 9.17) is 0 Å². The van der Waals surface area contributed by atoms with Gasteiger partial charge in [-0.05, 0) is 30.3 Å². The highest BCUT2D eigenvalue weighted by Gasteiger charge is 1.95. The van der Waals surface area contributed by atoms with Crippen LogP contribution in [0.3, 0.4) is 0 Å². The van der Waals surface area contributed by atoms with Crippen LogP contribution in [0.25, 0.3) is 0 Å². The Hall–Kier alpha value is -1.83. The number of nitrogens with one attached hydrogen (secondary N) is 1.